The number of hydrogen-bond acceptors (Lipinski definition) is 3. The van der Waals surface area contributed by atoms with Crippen molar-refractivity contribution in [3.05, 3.63) is 0 Å². The van der Waals surface area contributed by atoms with E-state index in [0.717, 1.165) is 26.1 Å². The van der Waals surface area contributed by atoms with Gasteiger partial charge in [-0.15, -0.1) is 0 Å². The lowest BCUT2D eigenvalue weighted by atomic mass is 10.0. The van der Waals surface area contributed by atoms with Gasteiger partial charge in [0.1, 0.15) is 6.04 Å². The zero-order chi connectivity index (χ0) is 12.1. The average molecular weight is 228 g/mol. The predicted molar refractivity (Wildman–Crippen MR) is 64.5 cm³/mol. The molecule has 0 bridgehead atoms. The van der Waals surface area contributed by atoms with E-state index in [1.165, 1.54) is 0 Å². The monoisotopic (exact) mass is 228 g/mol. The Morgan fingerprint density at radius 3 is 2.44 bits per heavy atom. The third kappa shape index (κ3) is 3.76. The molecule has 0 amide bonds. The lowest BCUT2D eigenvalue weighted by molar-refractivity contribution is -0.139. The second-order valence-corrected chi connectivity index (χ2v) is 5.02. The van der Waals surface area contributed by atoms with Crippen molar-refractivity contribution in [3.63, 3.8) is 0 Å². The van der Waals surface area contributed by atoms with Crippen molar-refractivity contribution in [2.75, 3.05) is 26.2 Å². The molecule has 0 aliphatic carbocycles. The molecule has 1 heterocycles. The molecule has 1 fully saturated rings. The van der Waals surface area contributed by atoms with Crippen LogP contribution < -0.4 is 5.32 Å². The Kier molecular flexibility index (Phi) is 5.22. The molecule has 3 unspecified atom stereocenters. The predicted octanol–water partition coefficient (Wildman–Crippen LogP) is 1.03. The van der Waals surface area contributed by atoms with Crippen LogP contribution in [0.3, 0.4) is 0 Å². The third-order valence-corrected chi connectivity index (χ3v) is 3.44. The van der Waals surface area contributed by atoms with Gasteiger partial charge in [0.2, 0.25) is 0 Å². The van der Waals surface area contributed by atoms with E-state index in [0.29, 0.717) is 18.4 Å². The van der Waals surface area contributed by atoms with Crippen LogP contribution in [0.25, 0.3) is 0 Å². The van der Waals surface area contributed by atoms with Crippen LogP contribution in [0.2, 0.25) is 0 Å². The SMILES string of the molecule is CCCNC(CN1CC(C)C(C)C1)C(=O)O. The summed E-state index contributed by atoms with van der Waals surface area (Å²) in [6.45, 7) is 9.98. The summed E-state index contributed by atoms with van der Waals surface area (Å²) in [5.41, 5.74) is 0. The first-order valence-electron chi connectivity index (χ1n) is 6.23. The van der Waals surface area contributed by atoms with Crippen LogP contribution in [0.5, 0.6) is 0 Å². The molecule has 0 saturated carbocycles. The first-order chi connectivity index (χ1) is 7.54. The zero-order valence-corrected chi connectivity index (χ0v) is 10.6. The molecule has 94 valence electrons. The number of carbonyl (C=O) groups is 1. The topological polar surface area (TPSA) is 52.6 Å². The normalized spacial score (nSPS) is 28.2. The maximum Gasteiger partial charge on any atom is 0.322 e. The summed E-state index contributed by atoms with van der Waals surface area (Å²) in [4.78, 5) is 13.3. The quantitative estimate of drug-likeness (QED) is 0.713. The Labute approximate surface area is 98.0 Å². The van der Waals surface area contributed by atoms with Crippen molar-refractivity contribution in [1.29, 1.82) is 0 Å². The molecule has 1 saturated heterocycles. The molecule has 1 aliphatic heterocycles. The third-order valence-electron chi connectivity index (χ3n) is 3.44. The number of nitrogens with one attached hydrogen (secondary N) is 1. The maximum absolute atomic E-state index is 11.1. The van der Waals surface area contributed by atoms with Crippen molar-refractivity contribution in [2.24, 2.45) is 11.8 Å². The number of nitrogens with zero attached hydrogens (tertiary/aromatic N) is 1. The summed E-state index contributed by atoms with van der Waals surface area (Å²) in [5, 5.41) is 12.2. The second kappa shape index (κ2) is 6.21. The minimum absolute atomic E-state index is 0.419. The molecular formula is C12H24N2O2. The van der Waals surface area contributed by atoms with Crippen LogP contribution in [0, 0.1) is 11.8 Å². The highest BCUT2D eigenvalue weighted by molar-refractivity contribution is 5.73. The smallest absolute Gasteiger partial charge is 0.322 e. The maximum atomic E-state index is 11.1. The molecule has 0 aromatic rings. The molecular weight excluding hydrogens is 204 g/mol. The van der Waals surface area contributed by atoms with Crippen molar-refractivity contribution in [1.82, 2.24) is 10.2 Å². The van der Waals surface area contributed by atoms with Gasteiger partial charge in [0.15, 0.2) is 0 Å². The molecule has 0 spiro atoms. The van der Waals surface area contributed by atoms with Gasteiger partial charge >= 0.3 is 5.97 Å². The number of likely N-dealkylation sites (tertiary alicyclic amines) is 1. The molecule has 4 nitrogen and oxygen atoms in total. The highest BCUT2D eigenvalue weighted by Crippen LogP contribution is 2.21. The van der Waals surface area contributed by atoms with Crippen LogP contribution in [-0.4, -0.2) is 48.2 Å². The van der Waals surface area contributed by atoms with E-state index >= 15 is 0 Å². The van der Waals surface area contributed by atoms with Crippen molar-refractivity contribution in [2.45, 2.75) is 33.2 Å². The molecule has 16 heavy (non-hydrogen) atoms. The highest BCUT2D eigenvalue weighted by atomic mass is 16.4. The highest BCUT2D eigenvalue weighted by Gasteiger charge is 2.29. The van der Waals surface area contributed by atoms with Crippen LogP contribution in [-0.2, 0) is 4.79 Å². The number of carboxylic acids is 1. The van der Waals surface area contributed by atoms with Gasteiger partial charge in [0.05, 0.1) is 0 Å². The van der Waals surface area contributed by atoms with Crippen LogP contribution in [0.4, 0.5) is 0 Å². The Bertz CT molecular complexity index is 223. The van der Waals surface area contributed by atoms with Crippen molar-refractivity contribution >= 4 is 5.97 Å². The van der Waals surface area contributed by atoms with Gasteiger partial charge in [-0.05, 0) is 24.8 Å². The van der Waals surface area contributed by atoms with E-state index in [4.69, 9.17) is 5.11 Å². The lowest BCUT2D eigenvalue weighted by Crippen LogP contribution is -2.45. The Morgan fingerprint density at radius 2 is 2.00 bits per heavy atom. The summed E-state index contributed by atoms with van der Waals surface area (Å²) in [6, 6.07) is -0.419. The van der Waals surface area contributed by atoms with E-state index < -0.39 is 12.0 Å². The second-order valence-electron chi connectivity index (χ2n) is 5.02. The number of carboxylic acid groups (broad SMARTS) is 1. The summed E-state index contributed by atoms with van der Waals surface area (Å²) in [7, 11) is 0. The summed E-state index contributed by atoms with van der Waals surface area (Å²) >= 11 is 0. The van der Waals surface area contributed by atoms with Gasteiger partial charge in [0, 0.05) is 19.6 Å². The number of hydrogen-bond donors (Lipinski definition) is 2. The van der Waals surface area contributed by atoms with Crippen molar-refractivity contribution in [3.8, 4) is 0 Å². The Hall–Kier alpha value is -0.610. The van der Waals surface area contributed by atoms with E-state index in [1.54, 1.807) is 0 Å². The Morgan fingerprint density at radius 1 is 1.44 bits per heavy atom. The molecule has 4 heteroatoms. The fraction of sp³-hybridized carbons (Fsp3) is 0.917. The largest absolute Gasteiger partial charge is 0.480 e. The van der Waals surface area contributed by atoms with Gasteiger partial charge in [-0.1, -0.05) is 20.8 Å². The van der Waals surface area contributed by atoms with Gasteiger partial charge in [-0.3, -0.25) is 4.79 Å². The molecule has 1 aliphatic rings. The summed E-state index contributed by atoms with van der Waals surface area (Å²) in [5.74, 6) is 0.627. The van der Waals surface area contributed by atoms with Crippen LogP contribution >= 0.6 is 0 Å². The van der Waals surface area contributed by atoms with Gasteiger partial charge in [0.25, 0.3) is 0 Å². The summed E-state index contributed by atoms with van der Waals surface area (Å²) in [6.07, 6.45) is 0.969. The molecule has 3 atom stereocenters. The molecule has 2 N–H and O–H groups in total. The fourth-order valence-electron chi connectivity index (χ4n) is 2.20. The Balaban J connectivity index is 2.40. The fourth-order valence-corrected chi connectivity index (χ4v) is 2.20. The standard InChI is InChI=1S/C12H24N2O2/c1-4-5-13-11(12(15)16)8-14-6-9(2)10(3)7-14/h9-11,13H,4-8H2,1-3H3,(H,15,16). The number of aliphatic carboxylic acids is 1. The molecule has 1 rings (SSSR count). The van der Waals surface area contributed by atoms with Crippen LogP contribution in [0.1, 0.15) is 27.2 Å². The average Bonchev–Trinajstić information content (AvgIpc) is 2.52. The van der Waals surface area contributed by atoms with E-state index in [2.05, 4.69) is 24.1 Å². The van der Waals surface area contributed by atoms with E-state index in [9.17, 15) is 4.79 Å². The van der Waals surface area contributed by atoms with E-state index in [-0.39, 0.29) is 0 Å². The molecule has 0 aromatic carbocycles. The molecule has 0 radical (unpaired) electrons. The zero-order valence-electron chi connectivity index (χ0n) is 10.6. The van der Waals surface area contributed by atoms with Gasteiger partial charge < -0.3 is 15.3 Å². The van der Waals surface area contributed by atoms with Crippen LogP contribution in [0.15, 0.2) is 0 Å². The van der Waals surface area contributed by atoms with Gasteiger partial charge in [-0.25, -0.2) is 0 Å². The first kappa shape index (κ1) is 13.5. The van der Waals surface area contributed by atoms with Gasteiger partial charge in [-0.2, -0.15) is 0 Å². The number of rotatable bonds is 6. The molecule has 0 aromatic heterocycles. The lowest BCUT2D eigenvalue weighted by Gasteiger charge is -2.21. The van der Waals surface area contributed by atoms with E-state index in [1.807, 2.05) is 6.92 Å². The van der Waals surface area contributed by atoms with Crippen molar-refractivity contribution < 1.29 is 9.90 Å². The minimum Gasteiger partial charge on any atom is -0.480 e. The minimum atomic E-state index is -0.736. The first-order valence-corrected chi connectivity index (χ1v) is 6.23. The summed E-state index contributed by atoms with van der Waals surface area (Å²) < 4.78 is 0.